The molecule has 1 aliphatic heterocycles. The number of carbonyl (C=O) groups is 2. The van der Waals surface area contributed by atoms with Crippen LogP contribution in [0.4, 0.5) is 5.69 Å². The lowest BCUT2D eigenvalue weighted by Gasteiger charge is -2.24. The van der Waals surface area contributed by atoms with Gasteiger partial charge < -0.3 is 10.1 Å². The first-order chi connectivity index (χ1) is 14.4. The summed E-state index contributed by atoms with van der Waals surface area (Å²) in [5.41, 5.74) is 1.07. The van der Waals surface area contributed by atoms with Gasteiger partial charge in [-0.15, -0.1) is 11.8 Å². The molecule has 6 nitrogen and oxygen atoms in total. The monoisotopic (exact) mass is 445 g/mol. The number of carbonyl (C=O) groups excluding carboxylic acids is 2. The molecule has 2 aromatic carbocycles. The lowest BCUT2D eigenvalue weighted by atomic mass is 9.82. The summed E-state index contributed by atoms with van der Waals surface area (Å²) >= 11 is 7.64. The Labute approximate surface area is 185 Å². The SMILES string of the molecule is CCOC(=O)C1(C)CN(CC(=O)Nc2ccc(SC)cc2)N=C1c1ccc(Cl)cc1. The number of nitrogens with one attached hydrogen (secondary N) is 1. The Morgan fingerprint density at radius 3 is 2.47 bits per heavy atom. The lowest BCUT2D eigenvalue weighted by molar-refractivity contribution is -0.150. The highest BCUT2D eigenvalue weighted by molar-refractivity contribution is 7.98. The summed E-state index contributed by atoms with van der Waals surface area (Å²) in [5.74, 6) is -0.575. The van der Waals surface area contributed by atoms with Crippen LogP contribution in [-0.4, -0.2) is 48.5 Å². The van der Waals surface area contributed by atoms with Gasteiger partial charge in [-0.2, -0.15) is 5.10 Å². The zero-order valence-corrected chi connectivity index (χ0v) is 18.7. The van der Waals surface area contributed by atoms with Crippen molar-refractivity contribution in [3.63, 3.8) is 0 Å². The minimum Gasteiger partial charge on any atom is -0.465 e. The van der Waals surface area contributed by atoms with Gasteiger partial charge in [-0.1, -0.05) is 23.7 Å². The van der Waals surface area contributed by atoms with E-state index in [1.54, 1.807) is 42.8 Å². The Kier molecular flexibility index (Phi) is 7.05. The molecule has 8 heteroatoms. The number of esters is 1. The molecule has 0 aromatic heterocycles. The lowest BCUT2D eigenvalue weighted by Crippen LogP contribution is -2.41. The predicted octanol–water partition coefficient (Wildman–Crippen LogP) is 4.29. The Balaban J connectivity index is 1.78. The Bertz CT molecular complexity index is 947. The second-order valence-electron chi connectivity index (χ2n) is 7.11. The highest BCUT2D eigenvalue weighted by Crippen LogP contribution is 2.33. The summed E-state index contributed by atoms with van der Waals surface area (Å²) in [6.45, 7) is 4.11. The van der Waals surface area contributed by atoms with Gasteiger partial charge in [-0.3, -0.25) is 14.6 Å². The fourth-order valence-electron chi connectivity index (χ4n) is 3.29. The average molecular weight is 446 g/mol. The van der Waals surface area contributed by atoms with Crippen molar-refractivity contribution in [1.29, 1.82) is 0 Å². The van der Waals surface area contributed by atoms with Crippen molar-refractivity contribution in [2.45, 2.75) is 18.7 Å². The van der Waals surface area contributed by atoms with Crippen LogP contribution < -0.4 is 5.32 Å². The van der Waals surface area contributed by atoms with Crippen molar-refractivity contribution < 1.29 is 14.3 Å². The maximum absolute atomic E-state index is 12.7. The Morgan fingerprint density at radius 1 is 1.20 bits per heavy atom. The summed E-state index contributed by atoms with van der Waals surface area (Å²) in [6, 6.07) is 14.7. The molecular formula is C22H24ClN3O3S. The quantitative estimate of drug-likeness (QED) is 0.508. The molecule has 1 N–H and O–H groups in total. The van der Waals surface area contributed by atoms with Gasteiger partial charge >= 0.3 is 5.97 Å². The second kappa shape index (κ2) is 9.53. The number of amides is 1. The summed E-state index contributed by atoms with van der Waals surface area (Å²) in [7, 11) is 0. The Morgan fingerprint density at radius 2 is 1.87 bits per heavy atom. The molecule has 0 saturated heterocycles. The van der Waals surface area contributed by atoms with E-state index >= 15 is 0 Å². The minimum atomic E-state index is -0.982. The molecule has 0 saturated carbocycles. The molecule has 1 atom stereocenters. The number of benzene rings is 2. The first-order valence-electron chi connectivity index (χ1n) is 9.57. The Hall–Kier alpha value is -2.51. The van der Waals surface area contributed by atoms with Crippen LogP contribution in [0.5, 0.6) is 0 Å². The van der Waals surface area contributed by atoms with Gasteiger partial charge in [-0.25, -0.2) is 0 Å². The average Bonchev–Trinajstić information content (AvgIpc) is 3.06. The van der Waals surface area contributed by atoms with E-state index in [0.29, 0.717) is 16.4 Å². The van der Waals surface area contributed by atoms with E-state index in [1.807, 2.05) is 42.7 Å². The summed E-state index contributed by atoms with van der Waals surface area (Å²) in [6.07, 6.45) is 2.00. The maximum Gasteiger partial charge on any atom is 0.319 e. The molecule has 1 unspecified atom stereocenters. The molecule has 0 radical (unpaired) electrons. The van der Waals surface area contributed by atoms with E-state index < -0.39 is 5.41 Å². The van der Waals surface area contributed by atoms with E-state index in [9.17, 15) is 9.59 Å². The molecule has 30 heavy (non-hydrogen) atoms. The molecule has 1 heterocycles. The standard InChI is InChI=1S/C22H24ClN3O3S/c1-4-29-21(28)22(2)14-26(25-20(22)15-5-7-16(23)8-6-15)13-19(27)24-17-9-11-18(30-3)12-10-17/h5-12H,4,13-14H2,1-3H3,(H,24,27). The molecule has 0 fully saturated rings. The van der Waals surface area contributed by atoms with Crippen LogP contribution in [-0.2, 0) is 14.3 Å². The molecular weight excluding hydrogens is 422 g/mol. The van der Waals surface area contributed by atoms with E-state index in [0.717, 1.165) is 10.5 Å². The van der Waals surface area contributed by atoms with Gasteiger partial charge in [-0.05, 0) is 62.1 Å². The van der Waals surface area contributed by atoms with Gasteiger partial charge in [0.1, 0.15) is 12.0 Å². The fourth-order valence-corrected chi connectivity index (χ4v) is 3.83. The van der Waals surface area contributed by atoms with E-state index in [-0.39, 0.29) is 31.6 Å². The van der Waals surface area contributed by atoms with Gasteiger partial charge in [0, 0.05) is 15.6 Å². The van der Waals surface area contributed by atoms with Gasteiger partial charge in [0.05, 0.1) is 18.9 Å². The molecule has 158 valence electrons. The third-order valence-corrected chi connectivity index (χ3v) is 5.80. The second-order valence-corrected chi connectivity index (χ2v) is 8.42. The molecule has 0 spiro atoms. The van der Waals surface area contributed by atoms with Gasteiger partial charge in [0.15, 0.2) is 0 Å². The maximum atomic E-state index is 12.7. The third kappa shape index (κ3) is 4.96. The molecule has 1 amide bonds. The summed E-state index contributed by atoms with van der Waals surface area (Å²) < 4.78 is 5.30. The van der Waals surface area contributed by atoms with Gasteiger partial charge in [0.25, 0.3) is 0 Å². The van der Waals surface area contributed by atoms with Crippen molar-refractivity contribution in [3.05, 3.63) is 59.1 Å². The van der Waals surface area contributed by atoms with Crippen LogP contribution in [0.3, 0.4) is 0 Å². The van der Waals surface area contributed by atoms with Crippen LogP contribution in [0, 0.1) is 5.41 Å². The van der Waals surface area contributed by atoms with Crippen LogP contribution >= 0.6 is 23.4 Å². The number of hydrogen-bond donors (Lipinski definition) is 1. The number of hydrogen-bond acceptors (Lipinski definition) is 6. The highest BCUT2D eigenvalue weighted by atomic mass is 35.5. The zero-order valence-electron chi connectivity index (χ0n) is 17.1. The summed E-state index contributed by atoms with van der Waals surface area (Å²) in [5, 5.41) is 9.67. The van der Waals surface area contributed by atoms with Crippen LogP contribution in [0.1, 0.15) is 19.4 Å². The van der Waals surface area contributed by atoms with E-state index in [1.165, 1.54) is 0 Å². The number of anilines is 1. The topological polar surface area (TPSA) is 71.0 Å². The smallest absolute Gasteiger partial charge is 0.319 e. The minimum absolute atomic E-state index is 0.0242. The summed E-state index contributed by atoms with van der Waals surface area (Å²) in [4.78, 5) is 26.4. The molecule has 1 aliphatic rings. The van der Waals surface area contributed by atoms with E-state index in [2.05, 4.69) is 10.4 Å². The molecule has 0 aliphatic carbocycles. The first-order valence-corrected chi connectivity index (χ1v) is 11.2. The number of ether oxygens (including phenoxy) is 1. The molecule has 2 aromatic rings. The molecule has 3 rings (SSSR count). The highest BCUT2D eigenvalue weighted by Gasteiger charge is 2.47. The number of hydrazone groups is 1. The van der Waals surface area contributed by atoms with Crippen molar-refractivity contribution in [1.82, 2.24) is 5.01 Å². The molecule has 0 bridgehead atoms. The number of rotatable bonds is 7. The van der Waals surface area contributed by atoms with Crippen LogP contribution in [0.2, 0.25) is 5.02 Å². The third-order valence-electron chi connectivity index (χ3n) is 4.81. The largest absolute Gasteiger partial charge is 0.465 e. The van der Waals surface area contributed by atoms with Crippen LogP contribution in [0.25, 0.3) is 0 Å². The predicted molar refractivity (Wildman–Crippen MR) is 121 cm³/mol. The van der Waals surface area contributed by atoms with Crippen molar-refractivity contribution in [2.24, 2.45) is 10.5 Å². The van der Waals surface area contributed by atoms with Crippen molar-refractivity contribution in [2.75, 3.05) is 31.3 Å². The zero-order chi connectivity index (χ0) is 21.7. The van der Waals surface area contributed by atoms with Gasteiger partial charge in [0.2, 0.25) is 5.91 Å². The van der Waals surface area contributed by atoms with Crippen molar-refractivity contribution >= 4 is 46.6 Å². The number of nitrogens with zero attached hydrogens (tertiary/aromatic N) is 2. The fraction of sp³-hybridized carbons (Fsp3) is 0.318. The first kappa shape index (κ1) is 22.2. The number of halogens is 1. The van der Waals surface area contributed by atoms with E-state index in [4.69, 9.17) is 16.3 Å². The van der Waals surface area contributed by atoms with Crippen LogP contribution in [0.15, 0.2) is 58.5 Å². The van der Waals surface area contributed by atoms with Crippen molar-refractivity contribution in [3.8, 4) is 0 Å². The normalized spacial score (nSPS) is 18.1. The number of thioether (sulfide) groups is 1.